The average molecular weight is 379 g/mol. The molecule has 1 fully saturated rings. The number of nitrogens with zero attached hydrogens (tertiary/aromatic N) is 1. The summed E-state index contributed by atoms with van der Waals surface area (Å²) in [5.74, 6) is -0.203. The van der Waals surface area contributed by atoms with Crippen LogP contribution in [0.3, 0.4) is 0 Å². The maximum atomic E-state index is 13.3. The van der Waals surface area contributed by atoms with E-state index in [2.05, 4.69) is 5.32 Å². The van der Waals surface area contributed by atoms with Crippen LogP contribution in [-0.4, -0.2) is 36.7 Å². The number of benzene rings is 2. The first-order valence-electron chi connectivity index (χ1n) is 9.82. The Labute approximate surface area is 167 Å². The van der Waals surface area contributed by atoms with Gasteiger partial charge >= 0.3 is 0 Å². The SMILES string of the molecule is CN(C)C(=O)[C@@H]1C[C@H](C(=O)C(C)(C)C)NC1(c1ccccc1)c1ccccc1. The minimum absolute atomic E-state index is 0.0319. The molecule has 28 heavy (non-hydrogen) atoms. The Bertz CT molecular complexity index is 798. The molecule has 0 unspecified atom stereocenters. The van der Waals surface area contributed by atoms with Gasteiger partial charge in [-0.05, 0) is 17.5 Å². The number of hydrogen-bond acceptors (Lipinski definition) is 3. The first-order valence-corrected chi connectivity index (χ1v) is 9.82. The number of nitrogens with one attached hydrogen (secondary N) is 1. The van der Waals surface area contributed by atoms with Gasteiger partial charge in [0.15, 0.2) is 5.78 Å². The monoisotopic (exact) mass is 378 g/mol. The number of hydrogen-bond donors (Lipinski definition) is 1. The van der Waals surface area contributed by atoms with E-state index in [1.54, 1.807) is 19.0 Å². The van der Waals surface area contributed by atoms with Crippen molar-refractivity contribution >= 4 is 11.7 Å². The highest BCUT2D eigenvalue weighted by atomic mass is 16.2. The van der Waals surface area contributed by atoms with Gasteiger partial charge in [-0.25, -0.2) is 0 Å². The van der Waals surface area contributed by atoms with Gasteiger partial charge in [0.25, 0.3) is 0 Å². The molecule has 1 N–H and O–H groups in total. The van der Waals surface area contributed by atoms with Gasteiger partial charge in [0.1, 0.15) is 0 Å². The summed E-state index contributed by atoms with van der Waals surface area (Å²) in [6.45, 7) is 5.81. The molecule has 1 heterocycles. The standard InChI is InChI=1S/C24H30N2O2/c1-23(2,3)21(27)20-16-19(22(28)26(4)5)24(25-20,17-12-8-6-9-13-17)18-14-10-7-11-15-18/h6-15,19-20,25H,16H2,1-5H3/t19-,20+/m0/s1. The van der Waals surface area contributed by atoms with Crippen LogP contribution >= 0.6 is 0 Å². The molecule has 3 rings (SSSR count). The molecule has 1 aliphatic rings. The fourth-order valence-electron chi connectivity index (χ4n) is 4.28. The lowest BCUT2D eigenvalue weighted by atomic mass is 9.73. The van der Waals surface area contributed by atoms with Crippen molar-refractivity contribution in [3.05, 3.63) is 71.8 Å². The van der Waals surface area contributed by atoms with Gasteiger partial charge in [-0.15, -0.1) is 0 Å². The lowest BCUT2D eigenvalue weighted by molar-refractivity contribution is -0.134. The minimum Gasteiger partial charge on any atom is -0.348 e. The van der Waals surface area contributed by atoms with Crippen molar-refractivity contribution < 1.29 is 9.59 Å². The zero-order chi connectivity index (χ0) is 20.5. The van der Waals surface area contributed by atoms with Crippen LogP contribution in [-0.2, 0) is 15.1 Å². The molecular weight excluding hydrogens is 348 g/mol. The van der Waals surface area contributed by atoms with E-state index < -0.39 is 11.0 Å². The van der Waals surface area contributed by atoms with E-state index in [9.17, 15) is 9.59 Å². The van der Waals surface area contributed by atoms with Crippen molar-refractivity contribution in [1.29, 1.82) is 0 Å². The smallest absolute Gasteiger partial charge is 0.227 e. The second-order valence-corrected chi connectivity index (χ2v) is 8.87. The summed E-state index contributed by atoms with van der Waals surface area (Å²) in [7, 11) is 3.56. The highest BCUT2D eigenvalue weighted by Crippen LogP contribution is 2.46. The van der Waals surface area contributed by atoms with Crippen molar-refractivity contribution in [3.8, 4) is 0 Å². The molecule has 2 aromatic carbocycles. The number of amides is 1. The summed E-state index contributed by atoms with van der Waals surface area (Å²) in [6, 6.07) is 19.7. The Kier molecular flexibility index (Phi) is 5.44. The molecule has 0 aromatic heterocycles. The van der Waals surface area contributed by atoms with E-state index in [4.69, 9.17) is 0 Å². The topological polar surface area (TPSA) is 49.4 Å². The summed E-state index contributed by atoms with van der Waals surface area (Å²) < 4.78 is 0. The van der Waals surface area contributed by atoms with Crippen LogP contribution in [0.15, 0.2) is 60.7 Å². The lowest BCUT2D eigenvalue weighted by Crippen LogP contribution is -2.51. The van der Waals surface area contributed by atoms with E-state index in [0.717, 1.165) is 11.1 Å². The zero-order valence-electron chi connectivity index (χ0n) is 17.4. The number of Topliss-reactive ketones (excluding diaryl/α,β-unsaturated/α-hetero) is 1. The molecule has 0 saturated carbocycles. The third kappa shape index (κ3) is 3.49. The van der Waals surface area contributed by atoms with Gasteiger partial charge in [0.05, 0.1) is 17.5 Å². The van der Waals surface area contributed by atoms with Crippen molar-refractivity contribution in [3.63, 3.8) is 0 Å². The predicted octanol–water partition coefficient (Wildman–Crippen LogP) is 3.61. The molecule has 4 heteroatoms. The second-order valence-electron chi connectivity index (χ2n) is 8.87. The van der Waals surface area contributed by atoms with E-state index in [-0.39, 0.29) is 23.7 Å². The Morgan fingerprint density at radius 3 is 1.79 bits per heavy atom. The summed E-state index contributed by atoms with van der Waals surface area (Å²) in [6.07, 6.45) is 0.483. The quantitative estimate of drug-likeness (QED) is 0.884. The maximum Gasteiger partial charge on any atom is 0.227 e. The third-order valence-corrected chi connectivity index (χ3v) is 5.65. The Hall–Kier alpha value is -2.46. The lowest BCUT2D eigenvalue weighted by Gasteiger charge is -2.37. The van der Waals surface area contributed by atoms with Crippen LogP contribution in [0.2, 0.25) is 0 Å². The van der Waals surface area contributed by atoms with Gasteiger partial charge in [-0.1, -0.05) is 81.4 Å². The molecule has 2 atom stereocenters. The van der Waals surface area contributed by atoms with Crippen LogP contribution in [0.5, 0.6) is 0 Å². The van der Waals surface area contributed by atoms with Crippen molar-refractivity contribution in [2.75, 3.05) is 14.1 Å². The van der Waals surface area contributed by atoms with Gasteiger partial charge in [-0.3, -0.25) is 14.9 Å². The second kappa shape index (κ2) is 7.51. The van der Waals surface area contributed by atoms with Crippen molar-refractivity contribution in [2.24, 2.45) is 11.3 Å². The van der Waals surface area contributed by atoms with E-state index in [0.29, 0.717) is 6.42 Å². The van der Waals surface area contributed by atoms with Crippen LogP contribution < -0.4 is 5.32 Å². The van der Waals surface area contributed by atoms with Crippen LogP contribution in [0.1, 0.15) is 38.3 Å². The molecule has 0 bridgehead atoms. The van der Waals surface area contributed by atoms with Gasteiger partial charge < -0.3 is 4.90 Å². The number of carbonyl (C=O) groups is 2. The molecule has 0 aliphatic carbocycles. The van der Waals surface area contributed by atoms with Crippen LogP contribution in [0.25, 0.3) is 0 Å². The summed E-state index contributed by atoms with van der Waals surface area (Å²) >= 11 is 0. The molecule has 0 radical (unpaired) electrons. The molecule has 1 amide bonds. The molecule has 4 nitrogen and oxygen atoms in total. The molecule has 0 spiro atoms. The van der Waals surface area contributed by atoms with Crippen LogP contribution in [0, 0.1) is 11.3 Å². The van der Waals surface area contributed by atoms with Gasteiger partial charge in [0, 0.05) is 19.5 Å². The molecule has 148 valence electrons. The van der Waals surface area contributed by atoms with Gasteiger partial charge in [-0.2, -0.15) is 0 Å². The summed E-state index contributed by atoms with van der Waals surface area (Å²) in [5.41, 5.74) is 0.790. The van der Waals surface area contributed by atoms with Crippen LogP contribution in [0.4, 0.5) is 0 Å². The number of rotatable bonds is 4. The highest BCUT2D eigenvalue weighted by molar-refractivity contribution is 5.91. The predicted molar refractivity (Wildman–Crippen MR) is 112 cm³/mol. The summed E-state index contributed by atoms with van der Waals surface area (Å²) in [4.78, 5) is 28.1. The Balaban J connectivity index is 2.21. The first kappa shape index (κ1) is 20.3. The van der Waals surface area contributed by atoms with E-state index in [1.807, 2.05) is 81.4 Å². The molecule has 2 aromatic rings. The third-order valence-electron chi connectivity index (χ3n) is 5.65. The molecular formula is C24H30N2O2. The average Bonchev–Trinajstić information content (AvgIpc) is 3.08. The van der Waals surface area contributed by atoms with Crippen molar-refractivity contribution in [2.45, 2.75) is 38.8 Å². The highest BCUT2D eigenvalue weighted by Gasteiger charge is 2.55. The van der Waals surface area contributed by atoms with E-state index in [1.165, 1.54) is 0 Å². The number of carbonyl (C=O) groups excluding carboxylic acids is 2. The minimum atomic E-state index is -0.741. The summed E-state index contributed by atoms with van der Waals surface area (Å²) in [5, 5.41) is 3.63. The van der Waals surface area contributed by atoms with Gasteiger partial charge in [0.2, 0.25) is 5.91 Å². The normalized spacial score (nSPS) is 21.3. The fraction of sp³-hybridized carbons (Fsp3) is 0.417. The maximum absolute atomic E-state index is 13.3. The number of ketones is 1. The Morgan fingerprint density at radius 2 is 1.39 bits per heavy atom. The molecule has 1 aliphatic heterocycles. The Morgan fingerprint density at radius 1 is 0.929 bits per heavy atom. The van der Waals surface area contributed by atoms with Crippen molar-refractivity contribution in [1.82, 2.24) is 10.2 Å². The first-order chi connectivity index (χ1) is 13.2. The zero-order valence-corrected chi connectivity index (χ0v) is 17.4. The van der Waals surface area contributed by atoms with E-state index >= 15 is 0 Å². The molecule has 1 saturated heterocycles. The fourth-order valence-corrected chi connectivity index (χ4v) is 4.28. The largest absolute Gasteiger partial charge is 0.348 e.